The highest BCUT2D eigenvalue weighted by molar-refractivity contribution is 7.22. The van der Waals surface area contributed by atoms with Gasteiger partial charge in [-0.1, -0.05) is 49.4 Å². The van der Waals surface area contributed by atoms with Crippen molar-refractivity contribution in [3.05, 3.63) is 46.7 Å². The van der Waals surface area contributed by atoms with Gasteiger partial charge in [0.15, 0.2) is 5.69 Å². The van der Waals surface area contributed by atoms with Gasteiger partial charge in [-0.25, -0.2) is 4.79 Å². The zero-order chi connectivity index (χ0) is 18.8. The van der Waals surface area contributed by atoms with Gasteiger partial charge in [-0.15, -0.1) is 16.4 Å². The molecule has 2 aromatic heterocycles. The molecule has 2 heterocycles. The van der Waals surface area contributed by atoms with Crippen LogP contribution < -0.4 is 0 Å². The molecule has 0 N–H and O–H groups in total. The number of carbonyl (C=O) groups is 1. The molecule has 1 saturated carbocycles. The summed E-state index contributed by atoms with van der Waals surface area (Å²) in [5.74, 6) is 0.252. The highest BCUT2D eigenvalue weighted by Gasteiger charge is 2.23. The Morgan fingerprint density at radius 1 is 1.22 bits per heavy atom. The van der Waals surface area contributed by atoms with E-state index in [0.29, 0.717) is 23.2 Å². The van der Waals surface area contributed by atoms with Gasteiger partial charge in [-0.2, -0.15) is 5.10 Å². The van der Waals surface area contributed by atoms with E-state index in [0.717, 1.165) is 32.6 Å². The number of thiophene rings is 1. The van der Waals surface area contributed by atoms with Gasteiger partial charge in [-0.3, -0.25) is 0 Å². The van der Waals surface area contributed by atoms with Gasteiger partial charge in [0.2, 0.25) is 0 Å². The summed E-state index contributed by atoms with van der Waals surface area (Å²) >= 11 is 7.58. The van der Waals surface area contributed by atoms with Crippen LogP contribution in [-0.4, -0.2) is 22.8 Å². The fourth-order valence-corrected chi connectivity index (χ4v) is 5.00. The molecule has 1 aromatic carbocycles. The van der Waals surface area contributed by atoms with Crippen LogP contribution in [0.2, 0.25) is 5.02 Å². The van der Waals surface area contributed by atoms with Crippen LogP contribution >= 0.6 is 22.9 Å². The van der Waals surface area contributed by atoms with Crippen LogP contribution in [0, 0.1) is 5.92 Å². The summed E-state index contributed by atoms with van der Waals surface area (Å²) in [6.45, 7) is 2.12. The van der Waals surface area contributed by atoms with Crippen LogP contribution in [0.25, 0.3) is 20.5 Å². The number of fused-ring (bicyclic) bond motifs is 1. The first-order valence-electron chi connectivity index (χ1n) is 9.38. The van der Waals surface area contributed by atoms with E-state index in [4.69, 9.17) is 16.3 Å². The van der Waals surface area contributed by atoms with Crippen LogP contribution in [0.15, 0.2) is 30.3 Å². The second kappa shape index (κ2) is 7.95. The topological polar surface area (TPSA) is 52.1 Å². The van der Waals surface area contributed by atoms with Crippen molar-refractivity contribution in [1.82, 2.24) is 10.2 Å². The molecular weight excluding hydrogens is 380 g/mol. The first kappa shape index (κ1) is 18.4. The fraction of sp³-hybridized carbons (Fsp3) is 0.381. The minimum atomic E-state index is -0.410. The van der Waals surface area contributed by atoms with E-state index in [9.17, 15) is 4.79 Å². The van der Waals surface area contributed by atoms with Gasteiger partial charge in [0.25, 0.3) is 0 Å². The van der Waals surface area contributed by atoms with Crippen LogP contribution in [0.4, 0.5) is 0 Å². The molecule has 140 valence electrons. The van der Waals surface area contributed by atoms with Crippen molar-refractivity contribution < 1.29 is 9.53 Å². The number of halogens is 1. The second-order valence-corrected chi connectivity index (χ2v) is 8.42. The fourth-order valence-electron chi connectivity index (χ4n) is 3.72. The van der Waals surface area contributed by atoms with Crippen molar-refractivity contribution in [3.8, 4) is 10.4 Å². The summed E-state index contributed by atoms with van der Waals surface area (Å²) < 4.78 is 6.05. The van der Waals surface area contributed by atoms with Crippen LogP contribution in [0.1, 0.15) is 48.8 Å². The molecular formula is C21H21ClN2O2S. The lowest BCUT2D eigenvalue weighted by Crippen LogP contribution is -2.11. The van der Waals surface area contributed by atoms with Crippen LogP contribution in [0.3, 0.4) is 0 Å². The Labute approximate surface area is 167 Å². The first-order chi connectivity index (χ1) is 13.2. The summed E-state index contributed by atoms with van der Waals surface area (Å²) in [7, 11) is 0. The summed E-state index contributed by atoms with van der Waals surface area (Å²) in [6, 6.07) is 9.88. The average molecular weight is 401 g/mol. The maximum Gasteiger partial charge on any atom is 0.360 e. The van der Waals surface area contributed by atoms with Crippen molar-refractivity contribution in [2.45, 2.75) is 39.0 Å². The molecule has 0 bridgehead atoms. The molecule has 1 fully saturated rings. The Balaban J connectivity index is 1.80. The largest absolute Gasteiger partial charge is 0.461 e. The lowest BCUT2D eigenvalue weighted by molar-refractivity contribution is 0.0521. The van der Waals surface area contributed by atoms with E-state index < -0.39 is 5.97 Å². The lowest BCUT2D eigenvalue weighted by Gasteiger charge is -2.09. The van der Waals surface area contributed by atoms with Gasteiger partial charge in [0.05, 0.1) is 17.0 Å². The summed E-state index contributed by atoms with van der Waals surface area (Å²) in [5.41, 5.74) is 2.37. The standard InChI is InChI=1S/C21H21ClN2O2S/c1-2-26-21(25)19-20-16(17(23-24-19)11-13-5-3-4-6-13)12-18(27-20)14-7-9-15(22)10-8-14/h7-10,12-13H,2-6,11H2,1H3. The minimum absolute atomic E-state index is 0.312. The summed E-state index contributed by atoms with van der Waals surface area (Å²) in [6.07, 6.45) is 6.00. The smallest absolute Gasteiger partial charge is 0.360 e. The Hall–Kier alpha value is -1.98. The van der Waals surface area contributed by atoms with E-state index in [1.807, 2.05) is 24.3 Å². The highest BCUT2D eigenvalue weighted by Crippen LogP contribution is 2.38. The van der Waals surface area contributed by atoms with E-state index in [-0.39, 0.29) is 0 Å². The number of rotatable bonds is 5. The predicted molar refractivity (Wildman–Crippen MR) is 109 cm³/mol. The maximum atomic E-state index is 12.4. The van der Waals surface area contributed by atoms with Crippen LogP contribution in [-0.2, 0) is 11.2 Å². The van der Waals surface area contributed by atoms with Crippen molar-refractivity contribution >= 4 is 39.0 Å². The second-order valence-electron chi connectivity index (χ2n) is 6.93. The number of hydrogen-bond donors (Lipinski definition) is 0. The van der Waals surface area contributed by atoms with Crippen LogP contribution in [0.5, 0.6) is 0 Å². The Bertz CT molecular complexity index is 962. The van der Waals surface area contributed by atoms with Crippen molar-refractivity contribution in [1.29, 1.82) is 0 Å². The van der Waals surface area contributed by atoms with E-state index >= 15 is 0 Å². The Morgan fingerprint density at radius 2 is 1.96 bits per heavy atom. The molecule has 0 spiro atoms. The highest BCUT2D eigenvalue weighted by atomic mass is 35.5. The third kappa shape index (κ3) is 3.85. The van der Waals surface area contributed by atoms with E-state index in [1.165, 1.54) is 25.7 Å². The quantitative estimate of drug-likeness (QED) is 0.498. The maximum absolute atomic E-state index is 12.4. The molecule has 1 aliphatic rings. The molecule has 0 radical (unpaired) electrons. The third-order valence-corrected chi connectivity index (χ3v) is 6.53. The number of benzene rings is 1. The zero-order valence-electron chi connectivity index (χ0n) is 15.2. The van der Waals surface area contributed by atoms with E-state index in [2.05, 4.69) is 16.3 Å². The molecule has 4 nitrogen and oxygen atoms in total. The van der Waals surface area contributed by atoms with Gasteiger partial charge in [-0.05, 0) is 43.0 Å². The molecule has 1 aliphatic carbocycles. The van der Waals surface area contributed by atoms with Crippen molar-refractivity contribution in [2.75, 3.05) is 6.61 Å². The van der Waals surface area contributed by atoms with Gasteiger partial charge in [0.1, 0.15) is 0 Å². The normalized spacial score (nSPS) is 14.7. The molecule has 0 atom stereocenters. The molecule has 4 rings (SSSR count). The van der Waals surface area contributed by atoms with Crippen molar-refractivity contribution in [2.24, 2.45) is 5.92 Å². The Morgan fingerprint density at radius 3 is 2.67 bits per heavy atom. The number of nitrogens with zero attached hydrogens (tertiary/aromatic N) is 2. The molecule has 6 heteroatoms. The average Bonchev–Trinajstić information content (AvgIpc) is 3.32. The van der Waals surface area contributed by atoms with Gasteiger partial charge in [0, 0.05) is 15.3 Å². The minimum Gasteiger partial charge on any atom is -0.461 e. The number of esters is 1. The third-order valence-electron chi connectivity index (χ3n) is 5.08. The first-order valence-corrected chi connectivity index (χ1v) is 10.6. The lowest BCUT2D eigenvalue weighted by atomic mass is 9.99. The number of hydrogen-bond acceptors (Lipinski definition) is 5. The zero-order valence-corrected chi connectivity index (χ0v) is 16.8. The molecule has 27 heavy (non-hydrogen) atoms. The number of ether oxygens (including phenoxy) is 1. The van der Waals surface area contributed by atoms with Gasteiger partial charge < -0.3 is 4.74 Å². The predicted octanol–water partition coefficient (Wildman–Crippen LogP) is 5.92. The summed E-state index contributed by atoms with van der Waals surface area (Å²) in [5, 5.41) is 10.4. The van der Waals surface area contributed by atoms with E-state index in [1.54, 1.807) is 18.3 Å². The molecule has 0 unspecified atom stereocenters. The number of carbonyl (C=O) groups excluding carboxylic acids is 1. The molecule has 0 aliphatic heterocycles. The Kier molecular flexibility index (Phi) is 5.41. The molecule has 3 aromatic rings. The summed E-state index contributed by atoms with van der Waals surface area (Å²) in [4.78, 5) is 13.4. The molecule has 0 saturated heterocycles. The number of aromatic nitrogens is 2. The monoisotopic (exact) mass is 400 g/mol. The molecule has 0 amide bonds. The van der Waals surface area contributed by atoms with Gasteiger partial charge >= 0.3 is 5.97 Å². The van der Waals surface area contributed by atoms with Crippen molar-refractivity contribution in [3.63, 3.8) is 0 Å². The SMILES string of the molecule is CCOC(=O)c1nnc(CC2CCCC2)c2cc(-c3ccc(Cl)cc3)sc12.